The molecule has 0 atom stereocenters. The monoisotopic (exact) mass is 481 g/mol. The summed E-state index contributed by atoms with van der Waals surface area (Å²) in [5.41, 5.74) is 1.57. The molecule has 0 radical (unpaired) electrons. The van der Waals surface area contributed by atoms with E-state index in [1.807, 2.05) is 36.4 Å². The lowest BCUT2D eigenvalue weighted by molar-refractivity contribution is 0.0853. The number of amides is 1. The van der Waals surface area contributed by atoms with Gasteiger partial charge in [0.25, 0.3) is 14.2 Å². The van der Waals surface area contributed by atoms with Crippen LogP contribution in [0.3, 0.4) is 0 Å². The van der Waals surface area contributed by atoms with E-state index in [9.17, 15) is 10.0 Å². The van der Waals surface area contributed by atoms with Gasteiger partial charge in [-0.05, 0) is 33.6 Å². The lowest BCUT2D eigenvalue weighted by Crippen LogP contribution is -2.66. The van der Waals surface area contributed by atoms with E-state index >= 15 is 0 Å². The highest BCUT2D eigenvalue weighted by Crippen LogP contribution is 2.38. The van der Waals surface area contributed by atoms with Gasteiger partial charge in [0.15, 0.2) is 0 Å². The first kappa shape index (κ1) is 24.6. The molecule has 4 aromatic rings. The second-order valence-electron chi connectivity index (χ2n) is 9.56. The normalized spacial score (nSPS) is 11.8. The maximum Gasteiger partial charge on any atom is 0.281 e. The lowest BCUT2D eigenvalue weighted by Gasteiger charge is -2.43. The second-order valence-corrected chi connectivity index (χ2v) is 13.9. The van der Waals surface area contributed by atoms with Gasteiger partial charge in [-0.25, -0.2) is 0 Å². The summed E-state index contributed by atoms with van der Waals surface area (Å²) in [5, 5.41) is 13.8. The predicted molar refractivity (Wildman–Crippen MR) is 144 cm³/mol. The van der Waals surface area contributed by atoms with Crippen LogP contribution in [0.5, 0.6) is 0 Å². The Bertz CT molecular complexity index is 1220. The van der Waals surface area contributed by atoms with Crippen molar-refractivity contribution in [1.29, 1.82) is 0 Å². The molecule has 0 unspecified atom stereocenters. The first-order chi connectivity index (χ1) is 16.8. The van der Waals surface area contributed by atoms with E-state index in [1.165, 1.54) is 10.4 Å². The van der Waals surface area contributed by atoms with Crippen molar-refractivity contribution in [3.05, 3.63) is 126 Å². The molecule has 0 spiro atoms. The van der Waals surface area contributed by atoms with Crippen LogP contribution in [0.1, 0.15) is 36.7 Å². The molecule has 1 N–H and O–H groups in total. The van der Waals surface area contributed by atoms with Crippen molar-refractivity contribution in [1.82, 2.24) is 0 Å². The SMILES string of the molecule is CC(C)(C)[Si](OCc1ccccc1N(O)C(=O)c1ccccc1)(c1ccccc1)c1ccccc1. The fourth-order valence-corrected chi connectivity index (χ4v) is 9.13. The molecule has 4 rings (SSSR count). The maximum absolute atomic E-state index is 12.9. The Kier molecular flexibility index (Phi) is 7.31. The van der Waals surface area contributed by atoms with Gasteiger partial charge in [0.2, 0.25) is 0 Å². The van der Waals surface area contributed by atoms with Crippen molar-refractivity contribution in [2.45, 2.75) is 32.4 Å². The quantitative estimate of drug-likeness (QED) is 0.206. The van der Waals surface area contributed by atoms with Crippen LogP contribution in [0.4, 0.5) is 5.69 Å². The van der Waals surface area contributed by atoms with E-state index in [0.29, 0.717) is 11.3 Å². The molecule has 178 valence electrons. The van der Waals surface area contributed by atoms with Gasteiger partial charge in [0.1, 0.15) is 0 Å². The molecule has 1 amide bonds. The lowest BCUT2D eigenvalue weighted by atomic mass is 10.1. The molecule has 5 heteroatoms. The zero-order chi connectivity index (χ0) is 24.9. The number of anilines is 1. The molecule has 4 aromatic carbocycles. The van der Waals surface area contributed by atoms with Crippen molar-refractivity contribution in [2.24, 2.45) is 0 Å². The third kappa shape index (κ3) is 4.98. The van der Waals surface area contributed by atoms with Crippen LogP contribution in [0.15, 0.2) is 115 Å². The van der Waals surface area contributed by atoms with E-state index in [-0.39, 0.29) is 11.6 Å². The van der Waals surface area contributed by atoms with Crippen molar-refractivity contribution < 1.29 is 14.4 Å². The zero-order valence-electron chi connectivity index (χ0n) is 20.4. The van der Waals surface area contributed by atoms with Gasteiger partial charge in [-0.15, -0.1) is 0 Å². The fraction of sp³-hybridized carbons (Fsp3) is 0.167. The second kappa shape index (κ2) is 10.4. The summed E-state index contributed by atoms with van der Waals surface area (Å²) in [6.45, 7) is 6.93. The Labute approximate surface area is 208 Å². The smallest absolute Gasteiger partial charge is 0.281 e. The van der Waals surface area contributed by atoms with Crippen molar-refractivity contribution >= 4 is 30.3 Å². The summed E-state index contributed by atoms with van der Waals surface area (Å²) >= 11 is 0. The van der Waals surface area contributed by atoms with E-state index in [4.69, 9.17) is 4.43 Å². The van der Waals surface area contributed by atoms with Gasteiger partial charge < -0.3 is 4.43 Å². The Balaban J connectivity index is 1.74. The highest BCUT2D eigenvalue weighted by molar-refractivity contribution is 6.99. The van der Waals surface area contributed by atoms with Crippen LogP contribution in [0, 0.1) is 0 Å². The van der Waals surface area contributed by atoms with E-state index < -0.39 is 14.2 Å². The largest absolute Gasteiger partial charge is 0.403 e. The van der Waals surface area contributed by atoms with Gasteiger partial charge in [0, 0.05) is 11.1 Å². The first-order valence-electron chi connectivity index (χ1n) is 11.8. The predicted octanol–water partition coefficient (Wildman–Crippen LogP) is 5.80. The number of rotatable bonds is 7. The Morgan fingerprint density at radius 3 is 1.71 bits per heavy atom. The summed E-state index contributed by atoms with van der Waals surface area (Å²) in [7, 11) is -2.77. The molecule has 0 aliphatic rings. The molecule has 0 aromatic heterocycles. The first-order valence-corrected chi connectivity index (χ1v) is 13.7. The average molecular weight is 482 g/mol. The van der Waals surface area contributed by atoms with Gasteiger partial charge in [-0.2, -0.15) is 5.06 Å². The number of carbonyl (C=O) groups excluding carboxylic acids is 1. The Hall–Kier alpha value is -3.51. The van der Waals surface area contributed by atoms with E-state index in [2.05, 4.69) is 69.3 Å². The molecule has 35 heavy (non-hydrogen) atoms. The van der Waals surface area contributed by atoms with Crippen LogP contribution in [-0.4, -0.2) is 19.4 Å². The van der Waals surface area contributed by atoms with E-state index in [0.717, 1.165) is 10.6 Å². The van der Waals surface area contributed by atoms with Crippen molar-refractivity contribution in [2.75, 3.05) is 5.06 Å². The molecule has 0 bridgehead atoms. The third-order valence-corrected chi connectivity index (χ3v) is 11.3. The molecule has 0 aliphatic carbocycles. The molecule has 0 aliphatic heterocycles. The molecular weight excluding hydrogens is 450 g/mol. The number of carbonyl (C=O) groups is 1. The van der Waals surface area contributed by atoms with Gasteiger partial charge >= 0.3 is 0 Å². The topological polar surface area (TPSA) is 49.8 Å². The number of para-hydroxylation sites is 1. The van der Waals surface area contributed by atoms with Gasteiger partial charge in [0.05, 0.1) is 12.3 Å². The minimum atomic E-state index is -2.77. The maximum atomic E-state index is 12.9. The third-order valence-electron chi connectivity index (χ3n) is 6.29. The van der Waals surface area contributed by atoms with Crippen LogP contribution in [0.25, 0.3) is 0 Å². The van der Waals surface area contributed by atoms with Crippen molar-refractivity contribution in [3.8, 4) is 0 Å². The summed E-state index contributed by atoms with van der Waals surface area (Å²) < 4.78 is 7.02. The fourth-order valence-electron chi connectivity index (χ4n) is 4.60. The number of benzene rings is 4. The minimum absolute atomic E-state index is 0.177. The highest BCUT2D eigenvalue weighted by atomic mass is 28.4. The Morgan fingerprint density at radius 2 is 1.20 bits per heavy atom. The van der Waals surface area contributed by atoms with Crippen LogP contribution >= 0.6 is 0 Å². The van der Waals surface area contributed by atoms with Crippen LogP contribution in [0.2, 0.25) is 5.04 Å². The summed E-state index contributed by atoms with van der Waals surface area (Å²) in [6, 6.07) is 36.9. The minimum Gasteiger partial charge on any atom is -0.403 e. The Morgan fingerprint density at radius 1 is 0.743 bits per heavy atom. The number of hydroxylamine groups is 1. The van der Waals surface area contributed by atoms with Crippen molar-refractivity contribution in [3.63, 3.8) is 0 Å². The summed E-state index contributed by atoms with van der Waals surface area (Å²) in [5.74, 6) is -0.483. The van der Waals surface area contributed by atoms with Crippen LogP contribution < -0.4 is 15.4 Å². The standard InChI is InChI=1S/C30H31NO3Si/c1-30(2,3)35(26-18-9-5-10-19-26,27-20-11-6-12-21-27)34-23-25-17-13-14-22-28(25)31(33)29(32)24-15-7-4-8-16-24/h4-22,33H,23H2,1-3H3. The molecule has 0 heterocycles. The molecule has 0 saturated heterocycles. The average Bonchev–Trinajstić information content (AvgIpc) is 2.89. The number of nitrogens with zero attached hydrogens (tertiary/aromatic N) is 1. The molecular formula is C30H31NO3Si. The highest BCUT2D eigenvalue weighted by Gasteiger charge is 2.50. The van der Waals surface area contributed by atoms with Gasteiger partial charge in [-0.3, -0.25) is 10.0 Å². The number of hydrogen-bond donors (Lipinski definition) is 1. The summed E-state index contributed by atoms with van der Waals surface area (Å²) in [4.78, 5) is 12.9. The molecule has 0 saturated carbocycles. The van der Waals surface area contributed by atoms with E-state index in [1.54, 1.807) is 30.3 Å². The molecule has 0 fully saturated rings. The van der Waals surface area contributed by atoms with Gasteiger partial charge in [-0.1, -0.05) is 118 Å². The van der Waals surface area contributed by atoms with Crippen LogP contribution in [-0.2, 0) is 11.0 Å². The zero-order valence-corrected chi connectivity index (χ0v) is 21.4. The number of hydrogen-bond acceptors (Lipinski definition) is 3. The molecule has 4 nitrogen and oxygen atoms in total. The summed E-state index contributed by atoms with van der Waals surface area (Å²) in [6.07, 6.45) is 0.